The van der Waals surface area contributed by atoms with Crippen LogP contribution in [-0.4, -0.2) is 38.5 Å². The number of pyridine rings is 1. The number of nitrogens with zero attached hydrogens (tertiary/aromatic N) is 4. The quantitative estimate of drug-likeness (QED) is 0.438. The zero-order valence-electron chi connectivity index (χ0n) is 16.5. The molecule has 7 nitrogen and oxygen atoms in total. The van der Waals surface area contributed by atoms with Crippen LogP contribution in [0.15, 0.2) is 78.2 Å². The van der Waals surface area contributed by atoms with E-state index in [-0.39, 0.29) is 11.7 Å². The van der Waals surface area contributed by atoms with E-state index in [1.54, 1.807) is 25.6 Å². The van der Waals surface area contributed by atoms with Crippen molar-refractivity contribution in [2.45, 2.75) is 5.16 Å². The van der Waals surface area contributed by atoms with Gasteiger partial charge in [-0.15, -0.1) is 10.2 Å². The number of aromatic nitrogens is 4. The molecule has 2 aromatic heterocycles. The van der Waals surface area contributed by atoms with Gasteiger partial charge in [-0.2, -0.15) is 0 Å². The molecule has 0 bridgehead atoms. The Morgan fingerprint density at radius 2 is 1.90 bits per heavy atom. The number of carbonyl (C=O) groups is 1. The Hall–Kier alpha value is -3.72. The topological polar surface area (TPSA) is 81.9 Å². The molecule has 4 rings (SSSR count). The van der Waals surface area contributed by atoms with Gasteiger partial charge < -0.3 is 10.1 Å². The number of para-hydroxylation sites is 2. The molecule has 0 aliphatic heterocycles. The summed E-state index contributed by atoms with van der Waals surface area (Å²) in [6, 6.07) is 16.9. The molecule has 0 aliphatic rings. The molecule has 0 atom stereocenters. The number of methoxy groups -OCH3 is 1. The molecule has 0 spiro atoms. The SMILES string of the molecule is COc1ccccc1-n1c(SCC(=O)Nc2cccc(F)c2)nnc1-c1ccncc1. The molecule has 0 saturated carbocycles. The fourth-order valence-electron chi connectivity index (χ4n) is 2.98. The van der Waals surface area contributed by atoms with Crippen molar-refractivity contribution in [3.63, 3.8) is 0 Å². The van der Waals surface area contributed by atoms with E-state index in [2.05, 4.69) is 20.5 Å². The van der Waals surface area contributed by atoms with Crippen LogP contribution in [0.1, 0.15) is 0 Å². The molecule has 0 aliphatic carbocycles. The fraction of sp³-hybridized carbons (Fsp3) is 0.0909. The van der Waals surface area contributed by atoms with Crippen LogP contribution in [0.5, 0.6) is 5.75 Å². The number of anilines is 1. The molecular weight excluding hydrogens is 417 g/mol. The predicted molar refractivity (Wildman–Crippen MR) is 117 cm³/mol. The number of thioether (sulfide) groups is 1. The van der Waals surface area contributed by atoms with Gasteiger partial charge in [0.1, 0.15) is 11.6 Å². The largest absolute Gasteiger partial charge is 0.495 e. The summed E-state index contributed by atoms with van der Waals surface area (Å²) < 4.78 is 20.7. The molecule has 1 N–H and O–H groups in total. The summed E-state index contributed by atoms with van der Waals surface area (Å²) in [5.74, 6) is 0.614. The Labute approximate surface area is 182 Å². The minimum Gasteiger partial charge on any atom is -0.495 e. The van der Waals surface area contributed by atoms with Gasteiger partial charge in [-0.1, -0.05) is 30.0 Å². The van der Waals surface area contributed by atoms with E-state index in [1.165, 1.54) is 30.0 Å². The summed E-state index contributed by atoms with van der Waals surface area (Å²) in [5.41, 5.74) is 1.97. The van der Waals surface area contributed by atoms with Crippen molar-refractivity contribution >= 4 is 23.4 Å². The standard InChI is InChI=1S/C22H18FN5O2S/c1-30-19-8-3-2-7-18(19)28-21(15-9-11-24-12-10-15)26-27-22(28)31-14-20(29)25-17-6-4-5-16(23)13-17/h2-13H,14H2,1H3,(H,25,29). The van der Waals surface area contributed by atoms with E-state index in [0.717, 1.165) is 11.3 Å². The summed E-state index contributed by atoms with van der Waals surface area (Å²) in [6.45, 7) is 0. The van der Waals surface area contributed by atoms with Gasteiger partial charge in [0, 0.05) is 23.6 Å². The average molecular weight is 435 g/mol. The Morgan fingerprint density at radius 1 is 1.10 bits per heavy atom. The summed E-state index contributed by atoms with van der Waals surface area (Å²) in [6.07, 6.45) is 3.35. The zero-order valence-corrected chi connectivity index (χ0v) is 17.3. The van der Waals surface area contributed by atoms with Crippen LogP contribution in [0.2, 0.25) is 0 Å². The highest BCUT2D eigenvalue weighted by molar-refractivity contribution is 7.99. The van der Waals surface area contributed by atoms with Crippen LogP contribution in [0, 0.1) is 5.82 Å². The van der Waals surface area contributed by atoms with E-state index in [0.29, 0.717) is 22.4 Å². The third kappa shape index (κ3) is 4.72. The number of carbonyl (C=O) groups excluding carboxylic acids is 1. The van der Waals surface area contributed by atoms with Gasteiger partial charge in [-0.3, -0.25) is 14.3 Å². The highest BCUT2D eigenvalue weighted by Crippen LogP contribution is 2.32. The summed E-state index contributed by atoms with van der Waals surface area (Å²) >= 11 is 1.22. The molecule has 0 saturated heterocycles. The number of benzene rings is 2. The first-order valence-electron chi connectivity index (χ1n) is 9.33. The lowest BCUT2D eigenvalue weighted by Gasteiger charge is -2.13. The number of halogens is 1. The maximum absolute atomic E-state index is 13.3. The minimum atomic E-state index is -0.414. The maximum atomic E-state index is 13.3. The lowest BCUT2D eigenvalue weighted by molar-refractivity contribution is -0.113. The van der Waals surface area contributed by atoms with Crippen molar-refractivity contribution in [3.05, 3.63) is 78.9 Å². The van der Waals surface area contributed by atoms with Crippen LogP contribution in [0.4, 0.5) is 10.1 Å². The molecule has 9 heteroatoms. The van der Waals surface area contributed by atoms with Crippen LogP contribution in [-0.2, 0) is 4.79 Å². The number of ether oxygens (including phenoxy) is 1. The molecule has 4 aromatic rings. The molecule has 31 heavy (non-hydrogen) atoms. The smallest absolute Gasteiger partial charge is 0.234 e. The van der Waals surface area contributed by atoms with E-state index < -0.39 is 5.82 Å². The molecule has 156 valence electrons. The van der Waals surface area contributed by atoms with E-state index >= 15 is 0 Å². The number of hydrogen-bond donors (Lipinski definition) is 1. The van der Waals surface area contributed by atoms with Crippen molar-refractivity contribution in [1.82, 2.24) is 19.7 Å². The van der Waals surface area contributed by atoms with Crippen molar-refractivity contribution in [1.29, 1.82) is 0 Å². The molecule has 0 radical (unpaired) electrons. The first kappa shape index (κ1) is 20.5. The van der Waals surface area contributed by atoms with Crippen molar-refractivity contribution in [2.24, 2.45) is 0 Å². The molecule has 0 fully saturated rings. The van der Waals surface area contributed by atoms with Gasteiger partial charge in [0.05, 0.1) is 18.6 Å². The molecule has 0 unspecified atom stereocenters. The Bertz CT molecular complexity index is 1200. The number of nitrogens with one attached hydrogen (secondary N) is 1. The van der Waals surface area contributed by atoms with Gasteiger partial charge in [-0.25, -0.2) is 4.39 Å². The predicted octanol–water partition coefficient (Wildman–Crippen LogP) is 4.21. The van der Waals surface area contributed by atoms with Crippen molar-refractivity contribution < 1.29 is 13.9 Å². The van der Waals surface area contributed by atoms with Crippen molar-refractivity contribution in [2.75, 3.05) is 18.2 Å². The van der Waals surface area contributed by atoms with E-state index in [9.17, 15) is 9.18 Å². The number of hydrogen-bond acceptors (Lipinski definition) is 6. The summed E-state index contributed by atoms with van der Waals surface area (Å²) in [4.78, 5) is 16.5. The highest BCUT2D eigenvalue weighted by atomic mass is 32.2. The first-order chi connectivity index (χ1) is 15.2. The molecular formula is C22H18FN5O2S. The van der Waals surface area contributed by atoms with Gasteiger partial charge >= 0.3 is 0 Å². The van der Waals surface area contributed by atoms with E-state index in [4.69, 9.17) is 4.74 Å². The molecule has 1 amide bonds. The molecule has 2 aromatic carbocycles. The second-order valence-corrected chi connectivity index (χ2v) is 7.34. The number of rotatable bonds is 7. The first-order valence-corrected chi connectivity index (χ1v) is 10.3. The second-order valence-electron chi connectivity index (χ2n) is 6.40. The summed E-state index contributed by atoms with van der Waals surface area (Å²) in [5, 5.41) is 11.8. The highest BCUT2D eigenvalue weighted by Gasteiger charge is 2.19. The van der Waals surface area contributed by atoms with Gasteiger partial charge in [0.15, 0.2) is 11.0 Å². The third-order valence-electron chi connectivity index (χ3n) is 4.34. The van der Waals surface area contributed by atoms with Gasteiger partial charge in [-0.05, 0) is 42.5 Å². The average Bonchev–Trinajstić information content (AvgIpc) is 3.22. The third-order valence-corrected chi connectivity index (χ3v) is 5.27. The minimum absolute atomic E-state index is 0.0696. The van der Waals surface area contributed by atoms with Gasteiger partial charge in [0.25, 0.3) is 0 Å². The second kappa shape index (κ2) is 9.40. The lowest BCUT2D eigenvalue weighted by Crippen LogP contribution is -2.14. The fourth-order valence-corrected chi connectivity index (χ4v) is 3.72. The van der Waals surface area contributed by atoms with Crippen LogP contribution < -0.4 is 10.1 Å². The van der Waals surface area contributed by atoms with Crippen LogP contribution in [0.25, 0.3) is 17.1 Å². The Balaban J connectivity index is 1.63. The zero-order chi connectivity index (χ0) is 21.6. The maximum Gasteiger partial charge on any atom is 0.234 e. The molecule has 2 heterocycles. The van der Waals surface area contributed by atoms with E-state index in [1.807, 2.05) is 41.0 Å². The van der Waals surface area contributed by atoms with Crippen molar-refractivity contribution in [3.8, 4) is 22.8 Å². The Morgan fingerprint density at radius 3 is 2.68 bits per heavy atom. The Kier molecular flexibility index (Phi) is 6.23. The van der Waals surface area contributed by atoms with Crippen LogP contribution >= 0.6 is 11.8 Å². The van der Waals surface area contributed by atoms with Crippen LogP contribution in [0.3, 0.4) is 0 Å². The normalized spacial score (nSPS) is 10.6. The summed E-state index contributed by atoms with van der Waals surface area (Å²) in [7, 11) is 1.59. The lowest BCUT2D eigenvalue weighted by atomic mass is 10.2. The van der Waals surface area contributed by atoms with Gasteiger partial charge in [0.2, 0.25) is 5.91 Å². The number of amides is 1. The monoisotopic (exact) mass is 435 g/mol.